The molecular formula is C13H7F2N. The first-order chi connectivity index (χ1) is 7.72. The van der Waals surface area contributed by atoms with Gasteiger partial charge in [-0.15, -0.1) is 0 Å². The average molecular weight is 215 g/mol. The molecule has 0 saturated carbocycles. The summed E-state index contributed by atoms with van der Waals surface area (Å²) in [6.07, 6.45) is 0. The van der Waals surface area contributed by atoms with Crippen LogP contribution < -0.4 is 0 Å². The lowest BCUT2D eigenvalue weighted by molar-refractivity contribution is 0.624. The average Bonchev–Trinajstić information content (AvgIpc) is 2.28. The van der Waals surface area contributed by atoms with Gasteiger partial charge in [-0.2, -0.15) is 5.26 Å². The Morgan fingerprint density at radius 1 is 1.00 bits per heavy atom. The maximum atomic E-state index is 13.6. The Balaban J connectivity index is 2.69. The van der Waals surface area contributed by atoms with Gasteiger partial charge in [0.1, 0.15) is 11.6 Å². The number of halogens is 2. The molecule has 0 heterocycles. The first-order valence-electron chi connectivity index (χ1n) is 4.67. The van der Waals surface area contributed by atoms with Crippen molar-refractivity contribution < 1.29 is 8.78 Å². The Bertz CT molecular complexity index is 570. The van der Waals surface area contributed by atoms with Gasteiger partial charge in [0.2, 0.25) is 0 Å². The molecule has 0 bridgehead atoms. The number of nitrogens with zero attached hydrogens (tertiary/aromatic N) is 1. The molecule has 0 unspecified atom stereocenters. The van der Waals surface area contributed by atoms with Gasteiger partial charge in [0.25, 0.3) is 0 Å². The Morgan fingerprint density at radius 3 is 2.44 bits per heavy atom. The molecular weight excluding hydrogens is 208 g/mol. The van der Waals surface area contributed by atoms with E-state index in [1.807, 2.05) is 6.07 Å². The van der Waals surface area contributed by atoms with Crippen molar-refractivity contribution in [2.24, 2.45) is 0 Å². The van der Waals surface area contributed by atoms with E-state index in [1.54, 1.807) is 6.07 Å². The third-order valence-corrected chi connectivity index (χ3v) is 2.25. The van der Waals surface area contributed by atoms with E-state index in [1.165, 1.54) is 36.4 Å². The van der Waals surface area contributed by atoms with Gasteiger partial charge in [-0.1, -0.05) is 18.2 Å². The molecule has 0 spiro atoms. The molecule has 0 atom stereocenters. The van der Waals surface area contributed by atoms with Crippen LogP contribution in [0.5, 0.6) is 0 Å². The largest absolute Gasteiger partial charge is 0.207 e. The monoisotopic (exact) mass is 215 g/mol. The fourth-order valence-corrected chi connectivity index (χ4v) is 1.55. The summed E-state index contributed by atoms with van der Waals surface area (Å²) in [6, 6.07) is 11.6. The Hall–Kier alpha value is -2.21. The molecule has 3 heteroatoms. The van der Waals surface area contributed by atoms with Crippen molar-refractivity contribution in [1.82, 2.24) is 0 Å². The zero-order valence-electron chi connectivity index (χ0n) is 8.24. The smallest absolute Gasteiger partial charge is 0.132 e. The summed E-state index contributed by atoms with van der Waals surface area (Å²) in [7, 11) is 0. The molecule has 1 nitrogen and oxygen atoms in total. The van der Waals surface area contributed by atoms with Gasteiger partial charge in [0.15, 0.2) is 0 Å². The van der Waals surface area contributed by atoms with Crippen LogP contribution in [0.3, 0.4) is 0 Å². The predicted octanol–water partition coefficient (Wildman–Crippen LogP) is 3.50. The van der Waals surface area contributed by atoms with E-state index in [-0.39, 0.29) is 11.1 Å². The number of rotatable bonds is 1. The summed E-state index contributed by atoms with van der Waals surface area (Å²) in [4.78, 5) is 0. The topological polar surface area (TPSA) is 23.8 Å². The van der Waals surface area contributed by atoms with Crippen molar-refractivity contribution in [3.8, 4) is 17.2 Å². The minimum atomic E-state index is -0.523. The van der Waals surface area contributed by atoms with Crippen LogP contribution in [-0.4, -0.2) is 0 Å². The number of benzene rings is 2. The third kappa shape index (κ3) is 1.78. The Morgan fingerprint density at radius 2 is 1.75 bits per heavy atom. The van der Waals surface area contributed by atoms with Crippen LogP contribution in [0.25, 0.3) is 11.1 Å². The number of hydrogen-bond donors (Lipinski definition) is 0. The number of nitriles is 1. The molecule has 0 fully saturated rings. The second-order valence-electron chi connectivity index (χ2n) is 3.28. The molecule has 16 heavy (non-hydrogen) atoms. The highest BCUT2D eigenvalue weighted by atomic mass is 19.1. The minimum Gasteiger partial charge on any atom is -0.207 e. The van der Waals surface area contributed by atoms with E-state index in [0.29, 0.717) is 5.56 Å². The first-order valence-corrected chi connectivity index (χ1v) is 4.67. The summed E-state index contributed by atoms with van der Waals surface area (Å²) in [6.45, 7) is 0. The van der Waals surface area contributed by atoms with Crippen LogP contribution in [0, 0.1) is 23.0 Å². The second-order valence-corrected chi connectivity index (χ2v) is 3.28. The lowest BCUT2D eigenvalue weighted by Crippen LogP contribution is -1.90. The van der Waals surface area contributed by atoms with Crippen LogP contribution in [0.1, 0.15) is 5.56 Å². The summed E-state index contributed by atoms with van der Waals surface area (Å²) in [5.74, 6) is -0.978. The summed E-state index contributed by atoms with van der Waals surface area (Å²) >= 11 is 0. The first kappa shape index (κ1) is 10.3. The fraction of sp³-hybridized carbons (Fsp3) is 0. The van der Waals surface area contributed by atoms with E-state index in [2.05, 4.69) is 0 Å². The quantitative estimate of drug-likeness (QED) is 0.714. The van der Waals surface area contributed by atoms with Gasteiger partial charge < -0.3 is 0 Å². The minimum absolute atomic E-state index is 0.143. The molecule has 0 amide bonds. The van der Waals surface area contributed by atoms with Crippen LogP contribution in [0.4, 0.5) is 8.78 Å². The zero-order valence-corrected chi connectivity index (χ0v) is 8.24. The fourth-order valence-electron chi connectivity index (χ4n) is 1.55. The molecule has 0 aliphatic heterocycles. The van der Waals surface area contributed by atoms with Crippen LogP contribution in [0.15, 0.2) is 42.5 Å². The lowest BCUT2D eigenvalue weighted by Gasteiger charge is -2.05. The van der Waals surface area contributed by atoms with Crippen LogP contribution in [0.2, 0.25) is 0 Å². The van der Waals surface area contributed by atoms with Gasteiger partial charge in [-0.25, -0.2) is 8.78 Å². The normalized spacial score (nSPS) is 9.81. The predicted molar refractivity (Wildman–Crippen MR) is 56.5 cm³/mol. The van der Waals surface area contributed by atoms with E-state index in [4.69, 9.17) is 5.26 Å². The highest BCUT2D eigenvalue weighted by Crippen LogP contribution is 2.26. The van der Waals surface area contributed by atoms with Crippen molar-refractivity contribution in [2.75, 3.05) is 0 Å². The molecule has 2 rings (SSSR count). The molecule has 2 aromatic carbocycles. The Kier molecular flexibility index (Phi) is 2.65. The van der Waals surface area contributed by atoms with Crippen molar-refractivity contribution in [2.45, 2.75) is 0 Å². The summed E-state index contributed by atoms with van der Waals surface area (Å²) in [5, 5.41) is 8.86. The summed E-state index contributed by atoms with van der Waals surface area (Å²) in [5.41, 5.74) is 0.713. The molecule has 2 aromatic rings. The van der Waals surface area contributed by atoms with Crippen molar-refractivity contribution >= 4 is 0 Å². The SMILES string of the molecule is N#Cc1cccc(F)c1-c1cccc(F)c1. The molecule has 0 N–H and O–H groups in total. The molecule has 0 aliphatic carbocycles. The molecule has 78 valence electrons. The molecule has 0 aliphatic rings. The summed E-state index contributed by atoms with van der Waals surface area (Å²) < 4.78 is 26.6. The van der Waals surface area contributed by atoms with E-state index in [9.17, 15) is 8.78 Å². The molecule has 0 radical (unpaired) electrons. The van der Waals surface area contributed by atoms with Crippen molar-refractivity contribution in [3.63, 3.8) is 0 Å². The molecule has 0 aromatic heterocycles. The zero-order chi connectivity index (χ0) is 11.5. The lowest BCUT2D eigenvalue weighted by atomic mass is 10.00. The van der Waals surface area contributed by atoms with Gasteiger partial charge in [-0.05, 0) is 29.8 Å². The van der Waals surface area contributed by atoms with Gasteiger partial charge in [-0.3, -0.25) is 0 Å². The van der Waals surface area contributed by atoms with Crippen molar-refractivity contribution in [3.05, 3.63) is 59.7 Å². The maximum absolute atomic E-state index is 13.6. The van der Waals surface area contributed by atoms with Gasteiger partial charge in [0.05, 0.1) is 11.6 Å². The van der Waals surface area contributed by atoms with Crippen LogP contribution >= 0.6 is 0 Å². The van der Waals surface area contributed by atoms with E-state index in [0.717, 1.165) is 0 Å². The van der Waals surface area contributed by atoms with Gasteiger partial charge >= 0.3 is 0 Å². The Labute approximate surface area is 91.6 Å². The highest BCUT2D eigenvalue weighted by molar-refractivity contribution is 5.71. The molecule has 0 saturated heterocycles. The van der Waals surface area contributed by atoms with E-state index < -0.39 is 11.6 Å². The van der Waals surface area contributed by atoms with Crippen LogP contribution in [-0.2, 0) is 0 Å². The number of hydrogen-bond acceptors (Lipinski definition) is 1. The van der Waals surface area contributed by atoms with Crippen molar-refractivity contribution in [1.29, 1.82) is 5.26 Å². The maximum Gasteiger partial charge on any atom is 0.132 e. The highest BCUT2D eigenvalue weighted by Gasteiger charge is 2.10. The second kappa shape index (κ2) is 4.11. The van der Waals surface area contributed by atoms with E-state index >= 15 is 0 Å². The third-order valence-electron chi connectivity index (χ3n) is 2.25. The standard InChI is InChI=1S/C13H7F2N/c14-11-5-1-3-9(7-11)13-10(8-16)4-2-6-12(13)15/h1-7H. The van der Waals surface area contributed by atoms with Gasteiger partial charge in [0, 0.05) is 5.56 Å².